The van der Waals surface area contributed by atoms with Crippen molar-refractivity contribution in [2.45, 2.75) is 35.5 Å². The van der Waals surface area contributed by atoms with Crippen LogP contribution in [-0.2, 0) is 6.61 Å². The maximum absolute atomic E-state index is 9.34. The molecule has 94 valence electrons. The Hall–Kier alpha value is -0.920. The van der Waals surface area contributed by atoms with Crippen LogP contribution < -0.4 is 0 Å². The SMILES string of the molecule is OCc1ccc(Br)cc1Sc1nnnn1C1CC1. The molecule has 1 aliphatic carbocycles. The van der Waals surface area contributed by atoms with E-state index in [1.807, 2.05) is 22.9 Å². The van der Waals surface area contributed by atoms with Crippen LogP contribution in [0, 0.1) is 0 Å². The first kappa shape index (κ1) is 12.1. The van der Waals surface area contributed by atoms with E-state index >= 15 is 0 Å². The molecule has 1 heterocycles. The van der Waals surface area contributed by atoms with E-state index in [0.29, 0.717) is 6.04 Å². The van der Waals surface area contributed by atoms with Crippen LogP contribution in [0.5, 0.6) is 0 Å². The highest BCUT2D eigenvalue weighted by atomic mass is 79.9. The third-order valence-electron chi connectivity index (χ3n) is 2.76. The number of hydrogen-bond donors (Lipinski definition) is 1. The van der Waals surface area contributed by atoms with Crippen molar-refractivity contribution in [3.05, 3.63) is 28.2 Å². The lowest BCUT2D eigenvalue weighted by Gasteiger charge is -2.07. The molecule has 3 rings (SSSR count). The topological polar surface area (TPSA) is 63.8 Å². The first-order valence-electron chi connectivity index (χ1n) is 5.63. The van der Waals surface area contributed by atoms with Crippen LogP contribution in [-0.4, -0.2) is 25.3 Å². The van der Waals surface area contributed by atoms with E-state index in [1.54, 1.807) is 0 Å². The monoisotopic (exact) mass is 326 g/mol. The van der Waals surface area contributed by atoms with E-state index < -0.39 is 0 Å². The molecule has 7 heteroatoms. The van der Waals surface area contributed by atoms with Gasteiger partial charge in [0.05, 0.1) is 12.6 Å². The summed E-state index contributed by atoms with van der Waals surface area (Å²) in [7, 11) is 0. The van der Waals surface area contributed by atoms with Crippen LogP contribution in [0.2, 0.25) is 0 Å². The molecule has 0 saturated heterocycles. The maximum Gasteiger partial charge on any atom is 0.214 e. The van der Waals surface area contributed by atoms with E-state index in [2.05, 4.69) is 31.5 Å². The summed E-state index contributed by atoms with van der Waals surface area (Å²) in [5, 5.41) is 21.9. The van der Waals surface area contributed by atoms with Crippen molar-refractivity contribution in [3.63, 3.8) is 0 Å². The van der Waals surface area contributed by atoms with Crippen molar-refractivity contribution >= 4 is 27.7 Å². The molecule has 1 aliphatic rings. The fourth-order valence-electron chi connectivity index (χ4n) is 1.65. The Balaban J connectivity index is 1.91. The number of benzene rings is 1. The number of aromatic nitrogens is 4. The number of aliphatic hydroxyl groups is 1. The number of halogens is 1. The number of hydrogen-bond acceptors (Lipinski definition) is 5. The predicted octanol–water partition coefficient (Wildman–Crippen LogP) is 2.41. The summed E-state index contributed by atoms with van der Waals surface area (Å²) in [6, 6.07) is 6.24. The molecular weight excluding hydrogens is 316 g/mol. The maximum atomic E-state index is 9.34. The molecule has 1 fully saturated rings. The zero-order valence-corrected chi connectivity index (χ0v) is 11.9. The lowest BCUT2D eigenvalue weighted by Crippen LogP contribution is -1.99. The standard InChI is InChI=1S/C11H11BrN4OS/c12-8-2-1-7(6-17)10(5-8)18-11-13-14-15-16(11)9-3-4-9/h1-2,5,9,17H,3-4,6H2. The molecule has 1 N–H and O–H groups in total. The molecule has 1 aromatic heterocycles. The molecule has 1 aromatic carbocycles. The summed E-state index contributed by atoms with van der Waals surface area (Å²) in [4.78, 5) is 0.976. The van der Waals surface area contributed by atoms with Gasteiger partial charge in [-0.05, 0) is 52.7 Å². The Kier molecular flexibility index (Phi) is 3.36. The lowest BCUT2D eigenvalue weighted by molar-refractivity contribution is 0.279. The Morgan fingerprint density at radius 2 is 2.28 bits per heavy atom. The Labute approximate surface area is 117 Å². The molecule has 0 spiro atoms. The van der Waals surface area contributed by atoms with Gasteiger partial charge in [0.1, 0.15) is 0 Å². The molecule has 5 nitrogen and oxygen atoms in total. The third kappa shape index (κ3) is 2.43. The fourth-order valence-corrected chi connectivity index (χ4v) is 3.17. The average Bonchev–Trinajstić information content (AvgIpc) is 3.11. The molecule has 0 atom stereocenters. The summed E-state index contributed by atoms with van der Waals surface area (Å²) in [6.45, 7) is 0.0145. The minimum atomic E-state index is 0.0145. The van der Waals surface area contributed by atoms with Gasteiger partial charge in [-0.15, -0.1) is 5.10 Å². The highest BCUT2D eigenvalue weighted by Gasteiger charge is 2.28. The van der Waals surface area contributed by atoms with Crippen molar-refractivity contribution in [1.29, 1.82) is 0 Å². The van der Waals surface area contributed by atoms with E-state index in [1.165, 1.54) is 11.8 Å². The Morgan fingerprint density at radius 1 is 1.44 bits per heavy atom. The first-order chi connectivity index (χ1) is 8.78. The Bertz CT molecular complexity index is 570. The average molecular weight is 327 g/mol. The zero-order chi connectivity index (χ0) is 12.5. The second-order valence-corrected chi connectivity index (χ2v) is 6.07. The van der Waals surface area contributed by atoms with Gasteiger partial charge in [0, 0.05) is 9.37 Å². The van der Waals surface area contributed by atoms with Crippen molar-refractivity contribution in [1.82, 2.24) is 20.2 Å². The van der Waals surface area contributed by atoms with Gasteiger partial charge in [-0.25, -0.2) is 4.68 Å². The second-order valence-electron chi connectivity index (χ2n) is 4.15. The molecule has 0 amide bonds. The van der Waals surface area contributed by atoms with Crippen LogP contribution in [0.4, 0.5) is 0 Å². The summed E-state index contributed by atoms with van der Waals surface area (Å²) >= 11 is 4.93. The molecule has 2 aromatic rings. The van der Waals surface area contributed by atoms with Crippen LogP contribution in [0.1, 0.15) is 24.4 Å². The number of tetrazole rings is 1. The quantitative estimate of drug-likeness (QED) is 0.934. The van der Waals surface area contributed by atoms with Gasteiger partial charge in [-0.2, -0.15) is 0 Å². The summed E-state index contributed by atoms with van der Waals surface area (Å²) < 4.78 is 2.85. The third-order valence-corrected chi connectivity index (χ3v) is 4.30. The molecule has 1 saturated carbocycles. The van der Waals surface area contributed by atoms with E-state index in [-0.39, 0.29) is 6.61 Å². The minimum Gasteiger partial charge on any atom is -0.392 e. The largest absolute Gasteiger partial charge is 0.392 e. The van der Waals surface area contributed by atoms with Gasteiger partial charge in [0.2, 0.25) is 5.16 Å². The smallest absolute Gasteiger partial charge is 0.214 e. The van der Waals surface area contributed by atoms with Crippen LogP contribution in [0.15, 0.2) is 32.7 Å². The highest BCUT2D eigenvalue weighted by Crippen LogP contribution is 2.39. The molecule has 0 radical (unpaired) electrons. The van der Waals surface area contributed by atoms with Crippen LogP contribution >= 0.6 is 27.7 Å². The van der Waals surface area contributed by atoms with Crippen molar-refractivity contribution in [2.24, 2.45) is 0 Å². The number of rotatable bonds is 4. The lowest BCUT2D eigenvalue weighted by atomic mass is 10.2. The van der Waals surface area contributed by atoms with E-state index in [0.717, 1.165) is 32.9 Å². The normalized spacial score (nSPS) is 15.0. The van der Waals surface area contributed by atoms with Gasteiger partial charge in [0.15, 0.2) is 0 Å². The number of nitrogens with zero attached hydrogens (tertiary/aromatic N) is 4. The first-order valence-corrected chi connectivity index (χ1v) is 7.24. The highest BCUT2D eigenvalue weighted by molar-refractivity contribution is 9.10. The van der Waals surface area contributed by atoms with Gasteiger partial charge in [-0.3, -0.25) is 0 Å². The fraction of sp³-hybridized carbons (Fsp3) is 0.364. The van der Waals surface area contributed by atoms with E-state index in [4.69, 9.17) is 0 Å². The molecular formula is C11H11BrN4OS. The summed E-state index contributed by atoms with van der Waals surface area (Å²) in [5.74, 6) is 0. The van der Waals surface area contributed by atoms with Gasteiger partial charge >= 0.3 is 0 Å². The predicted molar refractivity (Wildman–Crippen MR) is 70.3 cm³/mol. The van der Waals surface area contributed by atoms with Crippen molar-refractivity contribution in [3.8, 4) is 0 Å². The minimum absolute atomic E-state index is 0.0145. The summed E-state index contributed by atoms with van der Waals surface area (Å²) in [6.07, 6.45) is 2.29. The Morgan fingerprint density at radius 3 is 3.00 bits per heavy atom. The second kappa shape index (κ2) is 4.99. The zero-order valence-electron chi connectivity index (χ0n) is 9.45. The van der Waals surface area contributed by atoms with Gasteiger partial charge < -0.3 is 5.11 Å². The van der Waals surface area contributed by atoms with Gasteiger partial charge in [0.25, 0.3) is 0 Å². The number of aliphatic hydroxyl groups excluding tert-OH is 1. The molecule has 0 aliphatic heterocycles. The van der Waals surface area contributed by atoms with Crippen LogP contribution in [0.25, 0.3) is 0 Å². The van der Waals surface area contributed by atoms with E-state index in [9.17, 15) is 5.11 Å². The molecule has 0 unspecified atom stereocenters. The van der Waals surface area contributed by atoms with Crippen molar-refractivity contribution in [2.75, 3.05) is 0 Å². The summed E-state index contributed by atoms with van der Waals surface area (Å²) in [5.41, 5.74) is 0.883. The van der Waals surface area contributed by atoms with Crippen molar-refractivity contribution < 1.29 is 5.11 Å². The molecule has 0 bridgehead atoms. The van der Waals surface area contributed by atoms with Crippen LogP contribution in [0.3, 0.4) is 0 Å². The van der Waals surface area contributed by atoms with Gasteiger partial charge in [-0.1, -0.05) is 22.0 Å². The molecule has 18 heavy (non-hydrogen) atoms.